The van der Waals surface area contributed by atoms with E-state index < -0.39 is 5.78 Å². The molecular formula is C13H6Br4O3. The number of ketones is 1. The molecule has 2 aromatic carbocycles. The van der Waals surface area contributed by atoms with E-state index in [0.717, 1.165) is 0 Å². The van der Waals surface area contributed by atoms with Crippen LogP contribution in [0, 0.1) is 0 Å². The van der Waals surface area contributed by atoms with Gasteiger partial charge in [0, 0.05) is 8.95 Å². The van der Waals surface area contributed by atoms with Crippen molar-refractivity contribution in [1.82, 2.24) is 0 Å². The van der Waals surface area contributed by atoms with Crippen molar-refractivity contribution in [1.29, 1.82) is 0 Å². The Hall–Kier alpha value is -0.370. The number of carbonyl (C=O) groups is 1. The number of phenols is 2. The molecule has 0 spiro atoms. The highest BCUT2D eigenvalue weighted by molar-refractivity contribution is 9.11. The number of rotatable bonds is 2. The molecule has 2 aromatic rings. The van der Waals surface area contributed by atoms with E-state index in [2.05, 4.69) is 63.7 Å². The molecule has 0 amide bonds. The summed E-state index contributed by atoms with van der Waals surface area (Å²) in [6.07, 6.45) is 0. The van der Waals surface area contributed by atoms with E-state index in [0.29, 0.717) is 17.9 Å². The molecule has 0 saturated heterocycles. The topological polar surface area (TPSA) is 57.5 Å². The number of halogens is 4. The van der Waals surface area contributed by atoms with Crippen molar-refractivity contribution in [3.8, 4) is 11.5 Å². The Morgan fingerprint density at radius 1 is 0.750 bits per heavy atom. The van der Waals surface area contributed by atoms with Crippen LogP contribution in [0.25, 0.3) is 0 Å². The van der Waals surface area contributed by atoms with E-state index in [1.165, 1.54) is 12.1 Å². The second-order valence-corrected chi connectivity index (χ2v) is 7.44. The van der Waals surface area contributed by atoms with Gasteiger partial charge in [0.15, 0.2) is 0 Å². The number of phenolic OH excluding ortho intramolecular Hbond substituents is 2. The van der Waals surface area contributed by atoms with Crippen molar-refractivity contribution in [2.45, 2.75) is 0 Å². The second-order valence-electron chi connectivity index (χ2n) is 3.90. The quantitative estimate of drug-likeness (QED) is 0.514. The molecule has 0 aromatic heterocycles. The minimum Gasteiger partial charge on any atom is -0.506 e. The molecular weight excluding hydrogens is 524 g/mol. The molecule has 0 radical (unpaired) electrons. The van der Waals surface area contributed by atoms with Gasteiger partial charge in [-0.15, -0.1) is 0 Å². The predicted molar refractivity (Wildman–Crippen MR) is 90.4 cm³/mol. The first-order chi connectivity index (χ1) is 9.31. The van der Waals surface area contributed by atoms with Crippen molar-refractivity contribution in [2.75, 3.05) is 0 Å². The van der Waals surface area contributed by atoms with Crippen molar-refractivity contribution in [3.05, 3.63) is 53.3 Å². The summed E-state index contributed by atoms with van der Waals surface area (Å²) in [7, 11) is 0. The second kappa shape index (κ2) is 6.17. The van der Waals surface area contributed by atoms with Gasteiger partial charge in [0.25, 0.3) is 0 Å². The van der Waals surface area contributed by atoms with Crippen LogP contribution in [0.4, 0.5) is 0 Å². The summed E-state index contributed by atoms with van der Waals surface area (Å²) >= 11 is 12.9. The van der Waals surface area contributed by atoms with Gasteiger partial charge in [-0.05, 0) is 56.1 Å². The first-order valence-electron chi connectivity index (χ1n) is 5.22. The number of hydrogen-bond donors (Lipinski definition) is 2. The Balaban J connectivity index is 2.64. The maximum Gasteiger partial charge on any atom is 0.200 e. The predicted octanol–water partition coefficient (Wildman–Crippen LogP) is 5.38. The average molecular weight is 530 g/mol. The molecule has 0 unspecified atom stereocenters. The Labute approximate surface area is 148 Å². The lowest BCUT2D eigenvalue weighted by atomic mass is 10.0. The van der Waals surface area contributed by atoms with Crippen molar-refractivity contribution >= 4 is 69.5 Å². The fourth-order valence-electron chi connectivity index (χ4n) is 1.62. The Morgan fingerprint density at radius 3 is 1.45 bits per heavy atom. The molecule has 3 nitrogen and oxygen atoms in total. The molecule has 2 N–H and O–H groups in total. The van der Waals surface area contributed by atoms with Crippen LogP contribution in [0.2, 0.25) is 0 Å². The van der Waals surface area contributed by atoms with E-state index in [9.17, 15) is 15.0 Å². The fraction of sp³-hybridized carbons (Fsp3) is 0. The summed E-state index contributed by atoms with van der Waals surface area (Å²) in [5.74, 6) is -0.827. The molecule has 0 fully saturated rings. The lowest BCUT2D eigenvalue weighted by Crippen LogP contribution is -2.03. The SMILES string of the molecule is O=C(c1cc(Br)cc(Br)c1O)c1cc(Br)cc(Br)c1O. The summed E-state index contributed by atoms with van der Waals surface area (Å²) in [4.78, 5) is 12.5. The van der Waals surface area contributed by atoms with Crippen LogP contribution >= 0.6 is 63.7 Å². The van der Waals surface area contributed by atoms with E-state index in [1.54, 1.807) is 12.1 Å². The summed E-state index contributed by atoms with van der Waals surface area (Å²) in [5.41, 5.74) is 0.179. The Bertz CT molecular complexity index is 654. The van der Waals surface area contributed by atoms with E-state index in [-0.39, 0.29) is 22.6 Å². The molecule has 104 valence electrons. The number of hydrogen-bond acceptors (Lipinski definition) is 3. The van der Waals surface area contributed by atoms with Gasteiger partial charge in [0.05, 0.1) is 20.1 Å². The van der Waals surface area contributed by atoms with E-state index in [4.69, 9.17) is 0 Å². The largest absolute Gasteiger partial charge is 0.506 e. The summed E-state index contributed by atoms with van der Waals surface area (Å²) in [5, 5.41) is 20.0. The molecule has 0 saturated carbocycles. The highest BCUT2D eigenvalue weighted by Crippen LogP contribution is 2.37. The van der Waals surface area contributed by atoms with Gasteiger partial charge >= 0.3 is 0 Å². The lowest BCUT2D eigenvalue weighted by molar-refractivity contribution is 0.103. The van der Waals surface area contributed by atoms with Gasteiger partial charge in [0.1, 0.15) is 11.5 Å². The maximum atomic E-state index is 12.5. The minimum atomic E-state index is -0.482. The van der Waals surface area contributed by atoms with Crippen molar-refractivity contribution in [3.63, 3.8) is 0 Å². The van der Waals surface area contributed by atoms with Crippen molar-refractivity contribution < 1.29 is 15.0 Å². The molecule has 20 heavy (non-hydrogen) atoms. The first-order valence-corrected chi connectivity index (χ1v) is 8.39. The zero-order valence-electron chi connectivity index (χ0n) is 9.62. The van der Waals surface area contributed by atoms with E-state index >= 15 is 0 Å². The van der Waals surface area contributed by atoms with Crippen LogP contribution in [0.15, 0.2) is 42.2 Å². The van der Waals surface area contributed by atoms with Crippen molar-refractivity contribution in [2.24, 2.45) is 0 Å². The maximum absolute atomic E-state index is 12.5. The summed E-state index contributed by atoms with van der Waals surface area (Å²) < 4.78 is 2.06. The smallest absolute Gasteiger partial charge is 0.200 e. The van der Waals surface area contributed by atoms with Crippen LogP contribution in [-0.2, 0) is 0 Å². The van der Waals surface area contributed by atoms with Crippen LogP contribution in [-0.4, -0.2) is 16.0 Å². The van der Waals surface area contributed by atoms with Crippen LogP contribution in [0.5, 0.6) is 11.5 Å². The first kappa shape index (κ1) is 16.0. The minimum absolute atomic E-state index is 0.0894. The molecule has 7 heteroatoms. The van der Waals surface area contributed by atoms with Gasteiger partial charge in [-0.2, -0.15) is 0 Å². The van der Waals surface area contributed by atoms with E-state index in [1.807, 2.05) is 0 Å². The molecule has 0 aliphatic rings. The standard InChI is InChI=1S/C13H6Br4O3/c14-5-1-7(12(19)9(16)3-5)11(18)8-2-6(15)4-10(17)13(8)20/h1-4,19-20H. The normalized spacial score (nSPS) is 10.6. The van der Waals surface area contributed by atoms with Crippen LogP contribution < -0.4 is 0 Å². The Kier molecular flexibility index (Phi) is 4.94. The number of carbonyl (C=O) groups excluding carboxylic acids is 1. The molecule has 0 aliphatic heterocycles. The van der Waals surface area contributed by atoms with Gasteiger partial charge in [-0.1, -0.05) is 31.9 Å². The summed E-state index contributed by atoms with van der Waals surface area (Å²) in [6, 6.07) is 6.25. The molecule has 0 atom stereocenters. The summed E-state index contributed by atoms with van der Waals surface area (Å²) in [6.45, 7) is 0. The molecule has 0 bridgehead atoms. The molecule has 2 rings (SSSR count). The highest BCUT2D eigenvalue weighted by Gasteiger charge is 2.21. The zero-order chi connectivity index (χ0) is 15.0. The third-order valence-corrected chi connectivity index (χ3v) is 4.67. The third-order valence-electron chi connectivity index (χ3n) is 2.55. The van der Waals surface area contributed by atoms with Gasteiger partial charge < -0.3 is 10.2 Å². The average Bonchev–Trinajstić information content (AvgIpc) is 2.37. The highest BCUT2D eigenvalue weighted by atomic mass is 79.9. The van der Waals surface area contributed by atoms with Gasteiger partial charge in [-0.3, -0.25) is 4.79 Å². The molecule has 0 heterocycles. The van der Waals surface area contributed by atoms with Crippen LogP contribution in [0.1, 0.15) is 15.9 Å². The third kappa shape index (κ3) is 3.10. The number of benzene rings is 2. The zero-order valence-corrected chi connectivity index (χ0v) is 16.0. The monoisotopic (exact) mass is 526 g/mol. The lowest BCUT2D eigenvalue weighted by Gasteiger charge is -2.09. The van der Waals surface area contributed by atoms with Crippen LogP contribution in [0.3, 0.4) is 0 Å². The number of aromatic hydroxyl groups is 2. The fourth-order valence-corrected chi connectivity index (χ4v) is 4.07. The molecule has 0 aliphatic carbocycles. The van der Waals surface area contributed by atoms with Gasteiger partial charge in [-0.25, -0.2) is 0 Å². The Morgan fingerprint density at radius 2 is 1.10 bits per heavy atom. The van der Waals surface area contributed by atoms with Gasteiger partial charge in [0.2, 0.25) is 5.78 Å².